The number of likely N-dealkylation sites (N-methyl/N-ethyl adjacent to an activating group) is 1. The molecule has 2 aromatic carbocycles. The molecule has 0 unspecified atom stereocenters. The van der Waals surface area contributed by atoms with Gasteiger partial charge in [0.1, 0.15) is 0 Å². The van der Waals surface area contributed by atoms with Crippen LogP contribution >= 0.6 is 0 Å². The van der Waals surface area contributed by atoms with Gasteiger partial charge in [0.25, 0.3) is 0 Å². The largest absolute Gasteiger partial charge is 0.354 e. The maximum Gasteiger partial charge on any atom is 0.243 e. The minimum absolute atomic E-state index is 0.00980. The van der Waals surface area contributed by atoms with E-state index in [-0.39, 0.29) is 28.7 Å². The number of hydrogen-bond donors (Lipinski definition) is 2. The second-order valence-electron chi connectivity index (χ2n) is 7.36. The van der Waals surface area contributed by atoms with Gasteiger partial charge in [0.05, 0.1) is 16.3 Å². The lowest BCUT2D eigenvalue weighted by molar-refractivity contribution is -0.121. The van der Waals surface area contributed by atoms with Crippen molar-refractivity contribution in [2.75, 3.05) is 26.7 Å². The molecule has 0 heterocycles. The lowest BCUT2D eigenvalue weighted by Gasteiger charge is -2.17. The lowest BCUT2D eigenvalue weighted by atomic mass is 10.2. The van der Waals surface area contributed by atoms with Crippen molar-refractivity contribution in [1.82, 2.24) is 14.3 Å². The van der Waals surface area contributed by atoms with Crippen LogP contribution in [0.5, 0.6) is 0 Å². The Morgan fingerprint density at radius 1 is 0.938 bits per heavy atom. The van der Waals surface area contributed by atoms with Crippen LogP contribution in [0.4, 0.5) is 0 Å². The number of Topliss-reactive ketones (excluding diaryl/α,β-unsaturated/α-hetero) is 1. The molecule has 0 bridgehead atoms. The molecule has 0 aromatic heterocycles. The summed E-state index contributed by atoms with van der Waals surface area (Å²) < 4.78 is 53.4. The fourth-order valence-electron chi connectivity index (χ4n) is 2.85. The van der Waals surface area contributed by atoms with Crippen molar-refractivity contribution in [3.63, 3.8) is 0 Å². The minimum Gasteiger partial charge on any atom is -0.354 e. The summed E-state index contributed by atoms with van der Waals surface area (Å²) >= 11 is 0. The number of carbonyl (C=O) groups excluding carboxylic acids is 2. The molecule has 0 aliphatic heterocycles. The zero-order valence-corrected chi connectivity index (χ0v) is 20.0. The van der Waals surface area contributed by atoms with Gasteiger partial charge in [0.2, 0.25) is 26.0 Å². The van der Waals surface area contributed by atoms with E-state index in [4.69, 9.17) is 0 Å². The molecule has 174 valence electrons. The van der Waals surface area contributed by atoms with Gasteiger partial charge < -0.3 is 5.32 Å². The summed E-state index contributed by atoms with van der Waals surface area (Å²) in [5.74, 6) is -0.766. The van der Waals surface area contributed by atoms with Gasteiger partial charge in [-0.3, -0.25) is 9.59 Å². The molecule has 11 heteroatoms. The number of benzene rings is 2. The topological polar surface area (TPSA) is 130 Å². The predicted octanol–water partition coefficient (Wildman–Crippen LogP) is 1.22. The first-order chi connectivity index (χ1) is 14.8. The third kappa shape index (κ3) is 6.45. The minimum atomic E-state index is -3.93. The molecule has 0 aliphatic rings. The number of rotatable bonds is 10. The van der Waals surface area contributed by atoms with E-state index >= 15 is 0 Å². The lowest BCUT2D eigenvalue weighted by Crippen LogP contribution is -2.41. The van der Waals surface area contributed by atoms with Crippen LogP contribution in [0.25, 0.3) is 0 Å². The summed E-state index contributed by atoms with van der Waals surface area (Å²) in [6.07, 6.45) is 0. The second kappa shape index (κ2) is 10.3. The van der Waals surface area contributed by atoms with Gasteiger partial charge in [-0.25, -0.2) is 21.6 Å². The van der Waals surface area contributed by atoms with E-state index in [2.05, 4.69) is 10.0 Å². The van der Waals surface area contributed by atoms with E-state index in [1.54, 1.807) is 26.0 Å². The van der Waals surface area contributed by atoms with E-state index in [1.165, 1.54) is 38.2 Å². The van der Waals surface area contributed by atoms with Crippen molar-refractivity contribution in [3.05, 3.63) is 59.2 Å². The Kier molecular flexibility index (Phi) is 8.29. The van der Waals surface area contributed by atoms with Crippen LogP contribution in [-0.2, 0) is 24.8 Å². The average molecular weight is 482 g/mol. The Bertz CT molecular complexity index is 1210. The maximum atomic E-state index is 12.6. The molecule has 0 aliphatic carbocycles. The molecule has 2 aromatic rings. The third-order valence-corrected chi connectivity index (χ3v) is 8.13. The van der Waals surface area contributed by atoms with Crippen LogP contribution < -0.4 is 10.0 Å². The predicted molar refractivity (Wildman–Crippen MR) is 120 cm³/mol. The second-order valence-corrected chi connectivity index (χ2v) is 11.1. The standard InChI is InChI=1S/C21H27N3O6S2/c1-15-5-6-16(2)20(13-15)31(27,28)23-12-11-22-21(26)14-24(4)32(29,30)19-9-7-18(8-10-19)17(3)25/h5-10,13,23H,11-12,14H2,1-4H3,(H,22,26). The van der Waals surface area contributed by atoms with Gasteiger partial charge in [0, 0.05) is 25.7 Å². The number of amides is 1. The number of aryl methyl sites for hydroxylation is 2. The number of nitrogens with zero attached hydrogens (tertiary/aromatic N) is 1. The van der Waals surface area contributed by atoms with Crippen LogP contribution in [0.1, 0.15) is 28.4 Å². The van der Waals surface area contributed by atoms with Crippen LogP contribution in [0.15, 0.2) is 52.3 Å². The first kappa shape index (κ1) is 25.7. The molecule has 9 nitrogen and oxygen atoms in total. The number of carbonyl (C=O) groups is 2. The van der Waals surface area contributed by atoms with Crippen molar-refractivity contribution < 1.29 is 26.4 Å². The van der Waals surface area contributed by atoms with Gasteiger partial charge in [-0.1, -0.05) is 24.3 Å². The van der Waals surface area contributed by atoms with E-state index in [0.29, 0.717) is 11.1 Å². The highest BCUT2D eigenvalue weighted by Crippen LogP contribution is 2.17. The summed E-state index contributed by atoms with van der Waals surface area (Å²) in [5.41, 5.74) is 1.80. The summed E-state index contributed by atoms with van der Waals surface area (Å²) in [7, 11) is -6.40. The van der Waals surface area contributed by atoms with Crippen molar-refractivity contribution in [1.29, 1.82) is 0 Å². The molecule has 1 amide bonds. The van der Waals surface area contributed by atoms with Gasteiger partial charge in [-0.2, -0.15) is 4.31 Å². The van der Waals surface area contributed by atoms with Crippen LogP contribution in [-0.4, -0.2) is 59.5 Å². The number of hydrogen-bond acceptors (Lipinski definition) is 6. The van der Waals surface area contributed by atoms with Crippen molar-refractivity contribution in [2.45, 2.75) is 30.6 Å². The molecule has 0 atom stereocenters. The smallest absolute Gasteiger partial charge is 0.243 e. The van der Waals surface area contributed by atoms with Crippen molar-refractivity contribution in [3.8, 4) is 0 Å². The van der Waals surface area contributed by atoms with Crippen molar-refractivity contribution in [2.24, 2.45) is 0 Å². The highest BCUT2D eigenvalue weighted by molar-refractivity contribution is 7.89. The number of ketones is 1. The summed E-state index contributed by atoms with van der Waals surface area (Å²) in [6, 6.07) is 10.5. The molecule has 0 fully saturated rings. The Morgan fingerprint density at radius 3 is 2.16 bits per heavy atom. The molecular weight excluding hydrogens is 454 g/mol. The highest BCUT2D eigenvalue weighted by Gasteiger charge is 2.23. The quantitative estimate of drug-likeness (QED) is 0.388. The molecular formula is C21H27N3O6S2. The monoisotopic (exact) mass is 481 g/mol. The Hall–Kier alpha value is -2.60. The Labute approximate surface area is 188 Å². The normalized spacial score (nSPS) is 12.0. The van der Waals surface area contributed by atoms with Gasteiger partial charge in [-0.05, 0) is 50.1 Å². The molecule has 0 saturated heterocycles. The van der Waals surface area contributed by atoms with Gasteiger partial charge in [0.15, 0.2) is 5.78 Å². The van der Waals surface area contributed by atoms with Gasteiger partial charge in [-0.15, -0.1) is 0 Å². The van der Waals surface area contributed by atoms with E-state index in [9.17, 15) is 26.4 Å². The zero-order chi connectivity index (χ0) is 24.1. The maximum absolute atomic E-state index is 12.6. The fourth-order valence-corrected chi connectivity index (χ4v) is 5.33. The SMILES string of the molecule is CC(=O)c1ccc(S(=O)(=O)N(C)CC(=O)NCCNS(=O)(=O)c2cc(C)ccc2C)cc1. The number of nitrogens with one attached hydrogen (secondary N) is 2. The highest BCUT2D eigenvalue weighted by atomic mass is 32.2. The Balaban J connectivity index is 1.89. The van der Waals surface area contributed by atoms with E-state index in [0.717, 1.165) is 9.87 Å². The molecule has 2 rings (SSSR count). The molecule has 2 N–H and O–H groups in total. The summed E-state index contributed by atoms with van der Waals surface area (Å²) in [4.78, 5) is 23.6. The zero-order valence-electron chi connectivity index (χ0n) is 18.4. The van der Waals surface area contributed by atoms with E-state index < -0.39 is 32.5 Å². The third-order valence-electron chi connectivity index (χ3n) is 4.71. The first-order valence-corrected chi connectivity index (χ1v) is 12.7. The number of sulfonamides is 2. The molecule has 0 radical (unpaired) electrons. The molecule has 32 heavy (non-hydrogen) atoms. The Morgan fingerprint density at radius 2 is 1.56 bits per heavy atom. The fraction of sp³-hybridized carbons (Fsp3) is 0.333. The summed E-state index contributed by atoms with van der Waals surface area (Å²) in [6.45, 7) is 4.36. The first-order valence-electron chi connectivity index (χ1n) is 9.75. The van der Waals surface area contributed by atoms with Crippen LogP contribution in [0.2, 0.25) is 0 Å². The molecule has 0 saturated carbocycles. The average Bonchev–Trinajstić information content (AvgIpc) is 2.72. The van der Waals surface area contributed by atoms with Crippen LogP contribution in [0.3, 0.4) is 0 Å². The summed E-state index contributed by atoms with van der Waals surface area (Å²) in [5, 5.41) is 2.49. The van der Waals surface area contributed by atoms with Gasteiger partial charge >= 0.3 is 0 Å². The molecule has 0 spiro atoms. The van der Waals surface area contributed by atoms with Crippen molar-refractivity contribution >= 4 is 31.7 Å². The van der Waals surface area contributed by atoms with E-state index in [1.807, 2.05) is 6.07 Å². The van der Waals surface area contributed by atoms with Crippen LogP contribution in [0, 0.1) is 13.8 Å².